The predicted molar refractivity (Wildman–Crippen MR) is 93.1 cm³/mol. The molecule has 0 aromatic carbocycles. The van der Waals surface area contributed by atoms with Crippen LogP contribution in [-0.4, -0.2) is 27.0 Å². The molecule has 3 aromatic heterocycles. The van der Waals surface area contributed by atoms with E-state index in [-0.39, 0.29) is 6.04 Å². The molecule has 0 saturated heterocycles. The first-order valence-corrected chi connectivity index (χ1v) is 8.31. The standard InChI is InChI=1S/C18H20FN5/c19-16-8-11(15-10-22-18-14(15)2-1-7-21-18)9-17(24-16)23-13-5-3-12(20)4-6-13/h1-2,7-10,12-13H,3-6,20H2,(H,21,22)(H,23,24)/t12-,13-. The molecule has 0 spiro atoms. The zero-order chi connectivity index (χ0) is 16.5. The fourth-order valence-corrected chi connectivity index (χ4v) is 3.39. The Morgan fingerprint density at radius 1 is 1.21 bits per heavy atom. The Kier molecular flexibility index (Phi) is 3.90. The minimum Gasteiger partial charge on any atom is -0.367 e. The molecular formula is C18H20FN5. The Labute approximate surface area is 139 Å². The van der Waals surface area contributed by atoms with Gasteiger partial charge in [0.1, 0.15) is 11.5 Å². The monoisotopic (exact) mass is 325 g/mol. The summed E-state index contributed by atoms with van der Waals surface area (Å²) >= 11 is 0. The van der Waals surface area contributed by atoms with Crippen LogP contribution < -0.4 is 11.1 Å². The minimum absolute atomic E-state index is 0.290. The molecule has 4 rings (SSSR count). The Balaban J connectivity index is 1.64. The van der Waals surface area contributed by atoms with E-state index in [0.717, 1.165) is 47.8 Å². The van der Waals surface area contributed by atoms with E-state index in [1.165, 1.54) is 6.07 Å². The third-order valence-electron chi connectivity index (χ3n) is 4.68. The van der Waals surface area contributed by atoms with Crippen LogP contribution >= 0.6 is 0 Å². The van der Waals surface area contributed by atoms with Gasteiger partial charge in [-0.05, 0) is 49.4 Å². The number of anilines is 1. The summed E-state index contributed by atoms with van der Waals surface area (Å²) in [6.07, 6.45) is 7.56. The van der Waals surface area contributed by atoms with Gasteiger partial charge in [-0.3, -0.25) is 0 Å². The molecule has 24 heavy (non-hydrogen) atoms. The molecule has 6 heteroatoms. The van der Waals surface area contributed by atoms with E-state index in [4.69, 9.17) is 5.73 Å². The van der Waals surface area contributed by atoms with Crippen molar-refractivity contribution >= 4 is 16.9 Å². The normalized spacial score (nSPS) is 21.1. The fraction of sp³-hybridized carbons (Fsp3) is 0.333. The Morgan fingerprint density at radius 2 is 2.04 bits per heavy atom. The maximum atomic E-state index is 14.0. The lowest BCUT2D eigenvalue weighted by molar-refractivity contribution is 0.410. The quantitative estimate of drug-likeness (QED) is 0.644. The summed E-state index contributed by atoms with van der Waals surface area (Å²) in [6.45, 7) is 0. The van der Waals surface area contributed by atoms with Crippen LogP contribution in [0.5, 0.6) is 0 Å². The number of aromatic amines is 1. The van der Waals surface area contributed by atoms with E-state index >= 15 is 0 Å². The van der Waals surface area contributed by atoms with Crippen molar-refractivity contribution in [1.82, 2.24) is 15.0 Å². The third kappa shape index (κ3) is 2.97. The molecule has 0 radical (unpaired) electrons. The van der Waals surface area contributed by atoms with Gasteiger partial charge in [0.25, 0.3) is 0 Å². The molecule has 1 fully saturated rings. The van der Waals surface area contributed by atoms with Gasteiger partial charge in [0.2, 0.25) is 5.95 Å². The number of nitrogens with one attached hydrogen (secondary N) is 2. The first kappa shape index (κ1) is 15.1. The Hall–Kier alpha value is -2.47. The van der Waals surface area contributed by atoms with Crippen molar-refractivity contribution in [2.45, 2.75) is 37.8 Å². The zero-order valence-electron chi connectivity index (χ0n) is 13.3. The number of nitrogens with zero attached hydrogens (tertiary/aromatic N) is 2. The fourth-order valence-electron chi connectivity index (χ4n) is 3.39. The largest absolute Gasteiger partial charge is 0.367 e. The van der Waals surface area contributed by atoms with E-state index in [1.54, 1.807) is 6.20 Å². The van der Waals surface area contributed by atoms with E-state index in [0.29, 0.717) is 11.9 Å². The predicted octanol–water partition coefficient (Wildman–Crippen LogP) is 3.45. The molecule has 0 unspecified atom stereocenters. The third-order valence-corrected chi connectivity index (χ3v) is 4.68. The van der Waals surface area contributed by atoms with Gasteiger partial charge in [0.05, 0.1) is 0 Å². The molecule has 0 bridgehead atoms. The lowest BCUT2D eigenvalue weighted by atomic mass is 9.92. The van der Waals surface area contributed by atoms with E-state index in [2.05, 4.69) is 20.3 Å². The van der Waals surface area contributed by atoms with Gasteiger partial charge in [0, 0.05) is 41.5 Å². The maximum Gasteiger partial charge on any atom is 0.215 e. The van der Waals surface area contributed by atoms with Crippen LogP contribution in [-0.2, 0) is 0 Å². The average molecular weight is 325 g/mol. The summed E-state index contributed by atoms with van der Waals surface area (Å²) in [5.41, 5.74) is 8.45. The van der Waals surface area contributed by atoms with Crippen LogP contribution in [0.1, 0.15) is 25.7 Å². The molecule has 0 amide bonds. The van der Waals surface area contributed by atoms with Gasteiger partial charge in [-0.25, -0.2) is 9.97 Å². The van der Waals surface area contributed by atoms with Crippen molar-refractivity contribution < 1.29 is 4.39 Å². The van der Waals surface area contributed by atoms with Gasteiger partial charge in [-0.1, -0.05) is 0 Å². The lowest BCUT2D eigenvalue weighted by Crippen LogP contribution is -2.33. The molecule has 3 aromatic rings. The summed E-state index contributed by atoms with van der Waals surface area (Å²) in [5.74, 6) is 0.0875. The van der Waals surface area contributed by atoms with Gasteiger partial charge in [-0.2, -0.15) is 4.39 Å². The minimum atomic E-state index is -0.485. The highest BCUT2D eigenvalue weighted by Crippen LogP contribution is 2.30. The maximum absolute atomic E-state index is 14.0. The van der Waals surface area contributed by atoms with E-state index < -0.39 is 5.95 Å². The summed E-state index contributed by atoms with van der Waals surface area (Å²) < 4.78 is 14.0. The molecule has 124 valence electrons. The second kappa shape index (κ2) is 6.20. The number of H-pyrrole nitrogens is 1. The molecule has 1 aliphatic rings. The molecule has 3 heterocycles. The summed E-state index contributed by atoms with van der Waals surface area (Å²) in [6, 6.07) is 7.79. The van der Waals surface area contributed by atoms with Crippen LogP contribution in [0.15, 0.2) is 36.7 Å². The van der Waals surface area contributed by atoms with Crippen molar-refractivity contribution in [1.29, 1.82) is 0 Å². The highest BCUT2D eigenvalue weighted by Gasteiger charge is 2.19. The molecule has 5 nitrogen and oxygen atoms in total. The number of rotatable bonds is 3. The van der Waals surface area contributed by atoms with Crippen LogP contribution in [0.25, 0.3) is 22.2 Å². The average Bonchev–Trinajstić information content (AvgIpc) is 3.01. The molecule has 0 atom stereocenters. The van der Waals surface area contributed by atoms with Gasteiger partial charge < -0.3 is 16.0 Å². The number of pyridine rings is 2. The van der Waals surface area contributed by atoms with Crippen LogP contribution in [0.4, 0.5) is 10.2 Å². The topological polar surface area (TPSA) is 79.6 Å². The number of hydrogen-bond donors (Lipinski definition) is 3. The first-order chi connectivity index (χ1) is 11.7. The van der Waals surface area contributed by atoms with Crippen LogP contribution in [0, 0.1) is 5.95 Å². The number of nitrogens with two attached hydrogens (primary N) is 1. The van der Waals surface area contributed by atoms with Crippen molar-refractivity contribution in [3.8, 4) is 11.1 Å². The van der Waals surface area contributed by atoms with Gasteiger partial charge >= 0.3 is 0 Å². The van der Waals surface area contributed by atoms with Crippen molar-refractivity contribution in [2.75, 3.05) is 5.32 Å². The van der Waals surface area contributed by atoms with Crippen molar-refractivity contribution in [2.24, 2.45) is 5.73 Å². The second-order valence-electron chi connectivity index (χ2n) is 6.42. The number of fused-ring (bicyclic) bond motifs is 1. The lowest BCUT2D eigenvalue weighted by Gasteiger charge is -2.27. The summed E-state index contributed by atoms with van der Waals surface area (Å²) in [7, 11) is 0. The summed E-state index contributed by atoms with van der Waals surface area (Å²) in [5, 5.41) is 4.33. The van der Waals surface area contributed by atoms with Crippen molar-refractivity contribution in [3.05, 3.63) is 42.6 Å². The zero-order valence-corrected chi connectivity index (χ0v) is 13.3. The molecule has 4 N–H and O–H groups in total. The highest BCUT2D eigenvalue weighted by molar-refractivity contribution is 5.93. The summed E-state index contributed by atoms with van der Waals surface area (Å²) in [4.78, 5) is 11.4. The molecular weight excluding hydrogens is 305 g/mol. The smallest absolute Gasteiger partial charge is 0.215 e. The molecule has 1 saturated carbocycles. The van der Waals surface area contributed by atoms with Crippen molar-refractivity contribution in [3.63, 3.8) is 0 Å². The highest BCUT2D eigenvalue weighted by atomic mass is 19.1. The van der Waals surface area contributed by atoms with Crippen LogP contribution in [0.2, 0.25) is 0 Å². The Bertz CT molecular complexity index is 851. The second-order valence-corrected chi connectivity index (χ2v) is 6.42. The SMILES string of the molecule is N[C@H]1CC[C@H](Nc2cc(-c3c[nH]c4ncccc34)cc(F)n2)CC1. The molecule has 0 aliphatic heterocycles. The van der Waals surface area contributed by atoms with Gasteiger partial charge in [-0.15, -0.1) is 0 Å². The number of aromatic nitrogens is 3. The first-order valence-electron chi connectivity index (χ1n) is 8.31. The number of halogens is 1. The van der Waals surface area contributed by atoms with Gasteiger partial charge in [0.15, 0.2) is 0 Å². The van der Waals surface area contributed by atoms with E-state index in [9.17, 15) is 4.39 Å². The number of hydrogen-bond acceptors (Lipinski definition) is 4. The Morgan fingerprint density at radius 3 is 2.88 bits per heavy atom. The van der Waals surface area contributed by atoms with Crippen LogP contribution in [0.3, 0.4) is 0 Å². The van der Waals surface area contributed by atoms with E-state index in [1.807, 2.05) is 24.4 Å². The molecule has 1 aliphatic carbocycles.